The fraction of sp³-hybridized carbons (Fsp3) is 0.263. The lowest BCUT2D eigenvalue weighted by Crippen LogP contribution is -2.11. The third kappa shape index (κ3) is 3.74. The fourth-order valence-electron chi connectivity index (χ4n) is 2.55. The van der Waals surface area contributed by atoms with Crippen LogP contribution in [-0.4, -0.2) is 10.8 Å². The van der Waals surface area contributed by atoms with Crippen LogP contribution in [0.2, 0.25) is 0 Å². The molecule has 0 amide bonds. The highest BCUT2D eigenvalue weighted by molar-refractivity contribution is 7.12. The summed E-state index contributed by atoms with van der Waals surface area (Å²) in [6.45, 7) is 4.10. The van der Waals surface area contributed by atoms with E-state index in [1.54, 1.807) is 17.6 Å². The third-order valence-corrected chi connectivity index (χ3v) is 4.85. The first-order valence-corrected chi connectivity index (χ1v) is 8.83. The van der Waals surface area contributed by atoms with E-state index in [0.29, 0.717) is 6.42 Å². The van der Waals surface area contributed by atoms with Crippen molar-refractivity contribution in [2.24, 2.45) is 0 Å². The van der Waals surface area contributed by atoms with Crippen LogP contribution in [0.1, 0.15) is 51.6 Å². The summed E-state index contributed by atoms with van der Waals surface area (Å²) >= 11 is 1.73. The smallest absolute Gasteiger partial charge is 0.180 e. The second-order valence-corrected chi connectivity index (χ2v) is 7.01. The average Bonchev–Trinajstić information content (AvgIpc) is 3.25. The monoisotopic (exact) mass is 340 g/mol. The molecule has 1 atom stereocenters. The van der Waals surface area contributed by atoms with Crippen molar-refractivity contribution in [3.63, 3.8) is 0 Å². The Hall–Kier alpha value is -2.40. The van der Waals surface area contributed by atoms with E-state index in [-0.39, 0.29) is 11.8 Å². The molecule has 0 aliphatic rings. The summed E-state index contributed by atoms with van der Waals surface area (Å²) in [5.74, 6) is 0.186. The number of thiophene rings is 1. The standard InChI is InChI=1S/C19H20N2O2S/c1-3-4-17(22)14-6-8-15(9-7-14)21-19(16-11-23-12-20-16)18-10-5-13(2)24-18/h5-12,19,21H,3-4H2,1-2H3. The molecule has 0 fully saturated rings. The largest absolute Gasteiger partial charge is 0.451 e. The van der Waals surface area contributed by atoms with Crippen LogP contribution in [-0.2, 0) is 0 Å². The molecule has 5 heteroatoms. The molecule has 2 heterocycles. The predicted octanol–water partition coefficient (Wildman–Crippen LogP) is 5.23. The number of anilines is 1. The van der Waals surface area contributed by atoms with Gasteiger partial charge in [0.25, 0.3) is 0 Å². The van der Waals surface area contributed by atoms with E-state index < -0.39 is 0 Å². The van der Waals surface area contributed by atoms with Gasteiger partial charge in [0.05, 0.1) is 0 Å². The van der Waals surface area contributed by atoms with Crippen molar-refractivity contribution in [2.75, 3.05) is 5.32 Å². The molecule has 24 heavy (non-hydrogen) atoms. The van der Waals surface area contributed by atoms with E-state index in [1.807, 2.05) is 31.2 Å². The molecule has 2 aromatic heterocycles. The Morgan fingerprint density at radius 2 is 2.04 bits per heavy atom. The molecule has 1 aromatic carbocycles. The summed E-state index contributed by atoms with van der Waals surface area (Å²) in [6.07, 6.45) is 4.55. The molecule has 1 N–H and O–H groups in total. The summed E-state index contributed by atoms with van der Waals surface area (Å²) in [5.41, 5.74) is 2.54. The number of nitrogens with one attached hydrogen (secondary N) is 1. The zero-order valence-electron chi connectivity index (χ0n) is 13.8. The number of rotatable bonds is 7. The molecule has 0 spiro atoms. The van der Waals surface area contributed by atoms with E-state index in [9.17, 15) is 4.79 Å². The summed E-state index contributed by atoms with van der Waals surface area (Å²) < 4.78 is 5.15. The highest BCUT2D eigenvalue weighted by atomic mass is 32.1. The number of carbonyl (C=O) groups is 1. The van der Waals surface area contributed by atoms with E-state index >= 15 is 0 Å². The maximum absolute atomic E-state index is 11.9. The van der Waals surface area contributed by atoms with E-state index in [1.165, 1.54) is 16.1 Å². The average molecular weight is 340 g/mol. The molecule has 0 bridgehead atoms. The Kier molecular flexibility index (Phi) is 5.11. The molecule has 0 aliphatic heterocycles. The number of carbonyl (C=O) groups excluding carboxylic acids is 1. The number of ketones is 1. The van der Waals surface area contributed by atoms with E-state index in [4.69, 9.17) is 4.42 Å². The molecule has 0 saturated carbocycles. The molecule has 124 valence electrons. The lowest BCUT2D eigenvalue weighted by molar-refractivity contribution is 0.0982. The highest BCUT2D eigenvalue weighted by Gasteiger charge is 2.18. The first-order chi connectivity index (χ1) is 11.7. The van der Waals surface area contributed by atoms with Gasteiger partial charge < -0.3 is 9.73 Å². The molecular weight excluding hydrogens is 320 g/mol. The zero-order chi connectivity index (χ0) is 16.9. The van der Waals surface area contributed by atoms with Crippen molar-refractivity contribution in [1.29, 1.82) is 0 Å². The molecule has 3 aromatic rings. The quantitative estimate of drug-likeness (QED) is 0.598. The number of aromatic nitrogens is 1. The number of benzene rings is 1. The van der Waals surface area contributed by atoms with Crippen LogP contribution in [0.3, 0.4) is 0 Å². The van der Waals surface area contributed by atoms with Gasteiger partial charge in [-0.1, -0.05) is 6.92 Å². The van der Waals surface area contributed by atoms with Crippen LogP contribution in [0.5, 0.6) is 0 Å². The van der Waals surface area contributed by atoms with Gasteiger partial charge in [0.2, 0.25) is 0 Å². The zero-order valence-corrected chi connectivity index (χ0v) is 14.6. The molecule has 4 nitrogen and oxygen atoms in total. The van der Waals surface area contributed by atoms with Gasteiger partial charge in [-0.3, -0.25) is 4.79 Å². The van der Waals surface area contributed by atoms with Crippen molar-refractivity contribution in [3.05, 3.63) is 70.1 Å². The summed E-state index contributed by atoms with van der Waals surface area (Å²) in [4.78, 5) is 18.7. The number of nitrogens with zero attached hydrogens (tertiary/aromatic N) is 1. The summed E-state index contributed by atoms with van der Waals surface area (Å²) in [5, 5.41) is 3.49. The van der Waals surface area contributed by atoms with Gasteiger partial charge in [-0.2, -0.15) is 0 Å². The molecular formula is C19H20N2O2S. The minimum atomic E-state index is -0.0698. The summed E-state index contributed by atoms with van der Waals surface area (Å²) in [7, 11) is 0. The lowest BCUT2D eigenvalue weighted by atomic mass is 10.1. The molecule has 0 saturated heterocycles. The topological polar surface area (TPSA) is 55.1 Å². The van der Waals surface area contributed by atoms with Gasteiger partial charge in [0.1, 0.15) is 18.0 Å². The molecule has 0 aliphatic carbocycles. The Morgan fingerprint density at radius 3 is 2.62 bits per heavy atom. The molecule has 1 unspecified atom stereocenters. The van der Waals surface area contributed by atoms with Gasteiger partial charge >= 0.3 is 0 Å². The van der Waals surface area contributed by atoms with Gasteiger partial charge in [0.15, 0.2) is 12.2 Å². The maximum atomic E-state index is 11.9. The number of hydrogen-bond donors (Lipinski definition) is 1. The van der Waals surface area contributed by atoms with E-state index in [2.05, 4.69) is 29.4 Å². The van der Waals surface area contributed by atoms with Crippen LogP contribution in [0.4, 0.5) is 5.69 Å². The van der Waals surface area contributed by atoms with Crippen LogP contribution in [0.15, 0.2) is 53.5 Å². The first-order valence-electron chi connectivity index (χ1n) is 8.01. The minimum absolute atomic E-state index is 0.0698. The second kappa shape index (κ2) is 7.45. The normalized spacial score (nSPS) is 12.1. The fourth-order valence-corrected chi connectivity index (χ4v) is 3.50. The highest BCUT2D eigenvalue weighted by Crippen LogP contribution is 2.30. The molecule has 3 rings (SSSR count). The predicted molar refractivity (Wildman–Crippen MR) is 96.7 cm³/mol. The number of oxazole rings is 1. The third-order valence-electron chi connectivity index (χ3n) is 3.79. The number of aryl methyl sites for hydroxylation is 1. The lowest BCUT2D eigenvalue weighted by Gasteiger charge is -2.16. The maximum Gasteiger partial charge on any atom is 0.180 e. The number of hydrogen-bond acceptors (Lipinski definition) is 5. The second-order valence-electron chi connectivity index (χ2n) is 5.69. The van der Waals surface area contributed by atoms with Crippen LogP contribution < -0.4 is 5.32 Å². The van der Waals surface area contributed by atoms with Crippen LogP contribution >= 0.6 is 11.3 Å². The van der Waals surface area contributed by atoms with Crippen molar-refractivity contribution in [2.45, 2.75) is 32.7 Å². The van der Waals surface area contributed by atoms with Gasteiger partial charge in [-0.15, -0.1) is 11.3 Å². The minimum Gasteiger partial charge on any atom is -0.451 e. The first kappa shape index (κ1) is 16.5. The van der Waals surface area contributed by atoms with Gasteiger partial charge in [-0.05, 0) is 49.7 Å². The van der Waals surface area contributed by atoms with Gasteiger partial charge in [-0.25, -0.2) is 4.98 Å². The van der Waals surface area contributed by atoms with Gasteiger partial charge in [0, 0.05) is 27.4 Å². The Balaban J connectivity index is 1.82. The number of Topliss-reactive ketones (excluding diaryl/α,β-unsaturated/α-hetero) is 1. The van der Waals surface area contributed by atoms with Crippen molar-refractivity contribution in [1.82, 2.24) is 4.98 Å². The van der Waals surface area contributed by atoms with E-state index in [0.717, 1.165) is 23.4 Å². The molecule has 0 radical (unpaired) electrons. The SMILES string of the molecule is CCCC(=O)c1ccc(NC(c2cocn2)c2ccc(C)s2)cc1. The Bertz CT molecular complexity index is 791. The summed E-state index contributed by atoms with van der Waals surface area (Å²) in [6, 6.07) is 11.8. The Morgan fingerprint density at radius 1 is 1.25 bits per heavy atom. The van der Waals surface area contributed by atoms with Crippen molar-refractivity contribution < 1.29 is 9.21 Å². The Labute approximate surface area is 145 Å². The van der Waals surface area contributed by atoms with Crippen LogP contribution in [0, 0.1) is 6.92 Å². The van der Waals surface area contributed by atoms with Crippen LogP contribution in [0.25, 0.3) is 0 Å². The van der Waals surface area contributed by atoms with Crippen molar-refractivity contribution >= 4 is 22.8 Å². The van der Waals surface area contributed by atoms with Crippen molar-refractivity contribution in [3.8, 4) is 0 Å².